The fourth-order valence-corrected chi connectivity index (χ4v) is 2.40. The molecule has 5 nitrogen and oxygen atoms in total. The molecule has 0 fully saturated rings. The molecule has 0 heterocycles. The van der Waals surface area contributed by atoms with Crippen LogP contribution in [0.2, 0.25) is 0 Å². The molecule has 0 atom stereocenters. The molecule has 0 aromatic heterocycles. The van der Waals surface area contributed by atoms with E-state index in [4.69, 9.17) is 9.84 Å². The fourth-order valence-electron chi connectivity index (χ4n) is 2.40. The molecule has 0 unspecified atom stereocenters. The van der Waals surface area contributed by atoms with Crippen molar-refractivity contribution in [2.75, 3.05) is 20.3 Å². The van der Waals surface area contributed by atoms with E-state index < -0.39 is 5.97 Å². The van der Waals surface area contributed by atoms with Crippen LogP contribution >= 0.6 is 0 Å². The van der Waals surface area contributed by atoms with Gasteiger partial charge in [-0.1, -0.05) is 42.5 Å². The lowest BCUT2D eigenvalue weighted by molar-refractivity contribution is -0.131. The number of hydrogen-bond acceptors (Lipinski definition) is 3. The Bertz CT molecular complexity index is 685. The number of hydrogen-bond donors (Lipinski definition) is 1. The largest absolute Gasteiger partial charge is 0.478 e. The molecule has 0 saturated heterocycles. The predicted molar refractivity (Wildman–Crippen MR) is 90.8 cm³/mol. The number of aromatic carboxylic acids is 1. The lowest BCUT2D eigenvalue weighted by Gasteiger charge is -2.22. The summed E-state index contributed by atoms with van der Waals surface area (Å²) in [5.41, 5.74) is 1.92. The van der Waals surface area contributed by atoms with Crippen molar-refractivity contribution in [1.29, 1.82) is 0 Å². The van der Waals surface area contributed by atoms with Crippen molar-refractivity contribution >= 4 is 11.9 Å². The fraction of sp³-hybridized carbons (Fsp3) is 0.263. The van der Waals surface area contributed by atoms with E-state index in [1.807, 2.05) is 30.3 Å². The first kappa shape index (κ1) is 17.7. The summed E-state index contributed by atoms with van der Waals surface area (Å²) in [6, 6.07) is 16.2. The predicted octanol–water partition coefficient (Wildman–Crippen LogP) is 2.60. The van der Waals surface area contributed by atoms with Crippen molar-refractivity contribution < 1.29 is 19.4 Å². The van der Waals surface area contributed by atoms with E-state index in [9.17, 15) is 9.59 Å². The van der Waals surface area contributed by atoms with Gasteiger partial charge in [-0.25, -0.2) is 4.79 Å². The number of methoxy groups -OCH3 is 1. The average molecular weight is 327 g/mol. The van der Waals surface area contributed by atoms with Crippen LogP contribution in [0.5, 0.6) is 0 Å². The second-order valence-corrected chi connectivity index (χ2v) is 5.48. The molecule has 0 aliphatic heterocycles. The van der Waals surface area contributed by atoms with Gasteiger partial charge in [-0.15, -0.1) is 0 Å². The van der Waals surface area contributed by atoms with Gasteiger partial charge in [0, 0.05) is 20.2 Å². The number of amides is 1. The molecule has 1 N–H and O–H groups in total. The Labute approximate surface area is 141 Å². The summed E-state index contributed by atoms with van der Waals surface area (Å²) in [6.07, 6.45) is 0.164. The molecule has 24 heavy (non-hydrogen) atoms. The maximum Gasteiger partial charge on any atom is 0.335 e. The Morgan fingerprint density at radius 2 is 1.75 bits per heavy atom. The van der Waals surface area contributed by atoms with Crippen molar-refractivity contribution in [3.05, 3.63) is 71.3 Å². The number of nitrogens with zero attached hydrogens (tertiary/aromatic N) is 1. The summed E-state index contributed by atoms with van der Waals surface area (Å²) in [5.74, 6) is -1.05. The maximum absolute atomic E-state index is 12.6. The third-order valence-corrected chi connectivity index (χ3v) is 3.66. The van der Waals surface area contributed by atoms with Crippen LogP contribution in [-0.4, -0.2) is 42.1 Å². The highest BCUT2D eigenvalue weighted by atomic mass is 16.5. The summed E-state index contributed by atoms with van der Waals surface area (Å²) in [5, 5.41) is 9.05. The first-order valence-corrected chi connectivity index (χ1v) is 7.73. The van der Waals surface area contributed by atoms with Crippen LogP contribution in [0.3, 0.4) is 0 Å². The minimum absolute atomic E-state index is 0.0570. The van der Waals surface area contributed by atoms with Gasteiger partial charge in [-0.05, 0) is 23.3 Å². The minimum atomic E-state index is -0.996. The lowest BCUT2D eigenvalue weighted by Crippen LogP contribution is -2.34. The van der Waals surface area contributed by atoms with Crippen LogP contribution in [0.15, 0.2) is 54.6 Å². The molecule has 0 radical (unpaired) electrons. The number of carboxylic acid groups (broad SMARTS) is 1. The smallest absolute Gasteiger partial charge is 0.335 e. The Hall–Kier alpha value is -2.66. The number of carbonyl (C=O) groups excluding carboxylic acids is 1. The Morgan fingerprint density at radius 3 is 2.42 bits per heavy atom. The average Bonchev–Trinajstić information content (AvgIpc) is 2.59. The van der Waals surface area contributed by atoms with Crippen molar-refractivity contribution in [2.45, 2.75) is 13.0 Å². The van der Waals surface area contributed by atoms with Gasteiger partial charge in [0.2, 0.25) is 5.91 Å². The summed E-state index contributed by atoms with van der Waals surface area (Å²) >= 11 is 0. The molecule has 2 aromatic rings. The van der Waals surface area contributed by atoms with Gasteiger partial charge in [0.05, 0.1) is 18.6 Å². The summed E-state index contributed by atoms with van der Waals surface area (Å²) < 4.78 is 5.09. The third-order valence-electron chi connectivity index (χ3n) is 3.66. The molecular formula is C19H21NO4. The molecule has 126 valence electrons. The van der Waals surface area contributed by atoms with Gasteiger partial charge in [-0.2, -0.15) is 0 Å². The second kappa shape index (κ2) is 8.84. The number of rotatable bonds is 8. The van der Waals surface area contributed by atoms with E-state index in [2.05, 4.69) is 0 Å². The monoisotopic (exact) mass is 327 g/mol. The van der Waals surface area contributed by atoms with E-state index in [0.717, 1.165) is 5.56 Å². The van der Waals surface area contributed by atoms with Gasteiger partial charge in [0.25, 0.3) is 0 Å². The lowest BCUT2D eigenvalue weighted by atomic mass is 10.1. The van der Waals surface area contributed by atoms with E-state index in [0.29, 0.717) is 25.3 Å². The topological polar surface area (TPSA) is 66.8 Å². The first-order valence-electron chi connectivity index (χ1n) is 7.73. The number of ether oxygens (including phenoxy) is 1. The quantitative estimate of drug-likeness (QED) is 0.809. The van der Waals surface area contributed by atoms with Crippen LogP contribution < -0.4 is 0 Å². The molecule has 0 aliphatic carbocycles. The normalized spacial score (nSPS) is 10.4. The van der Waals surface area contributed by atoms with E-state index >= 15 is 0 Å². The van der Waals surface area contributed by atoms with Crippen LogP contribution in [-0.2, 0) is 22.5 Å². The molecule has 2 rings (SSSR count). The van der Waals surface area contributed by atoms with Crippen LogP contribution in [0.1, 0.15) is 21.5 Å². The highest BCUT2D eigenvalue weighted by Gasteiger charge is 2.15. The number of carbonyl (C=O) groups is 2. The van der Waals surface area contributed by atoms with Crippen LogP contribution in [0.4, 0.5) is 0 Å². The zero-order valence-corrected chi connectivity index (χ0v) is 13.6. The van der Waals surface area contributed by atoms with E-state index in [1.165, 1.54) is 12.1 Å². The van der Waals surface area contributed by atoms with Gasteiger partial charge >= 0.3 is 5.97 Å². The molecule has 0 saturated carbocycles. The van der Waals surface area contributed by atoms with Crippen molar-refractivity contribution in [2.24, 2.45) is 0 Å². The van der Waals surface area contributed by atoms with Gasteiger partial charge in [0.15, 0.2) is 0 Å². The summed E-state index contributed by atoms with van der Waals surface area (Å²) in [6.45, 7) is 1.44. The zero-order valence-electron chi connectivity index (χ0n) is 13.6. The molecule has 2 aromatic carbocycles. The summed E-state index contributed by atoms with van der Waals surface area (Å²) in [7, 11) is 1.60. The Morgan fingerprint density at radius 1 is 1.04 bits per heavy atom. The molecule has 5 heteroatoms. The zero-order chi connectivity index (χ0) is 17.4. The van der Waals surface area contributed by atoms with E-state index in [1.54, 1.807) is 24.1 Å². The highest BCUT2D eigenvalue weighted by molar-refractivity contribution is 5.88. The SMILES string of the molecule is COCCN(Cc1ccccc1)C(=O)Cc1cccc(C(=O)O)c1. The highest BCUT2D eigenvalue weighted by Crippen LogP contribution is 2.10. The Kier molecular flexibility index (Phi) is 6.51. The van der Waals surface area contributed by atoms with Crippen LogP contribution in [0.25, 0.3) is 0 Å². The first-order chi connectivity index (χ1) is 11.6. The van der Waals surface area contributed by atoms with Crippen molar-refractivity contribution in [1.82, 2.24) is 4.90 Å². The van der Waals surface area contributed by atoms with Crippen molar-refractivity contribution in [3.8, 4) is 0 Å². The van der Waals surface area contributed by atoms with Gasteiger partial charge in [0.1, 0.15) is 0 Å². The summed E-state index contributed by atoms with van der Waals surface area (Å²) in [4.78, 5) is 25.4. The molecular weight excluding hydrogens is 306 g/mol. The third kappa shape index (κ3) is 5.21. The molecule has 1 amide bonds. The van der Waals surface area contributed by atoms with Gasteiger partial charge < -0.3 is 14.7 Å². The molecule has 0 aliphatic rings. The van der Waals surface area contributed by atoms with Crippen LogP contribution in [0, 0.1) is 0 Å². The second-order valence-electron chi connectivity index (χ2n) is 5.48. The minimum Gasteiger partial charge on any atom is -0.478 e. The van der Waals surface area contributed by atoms with Crippen molar-refractivity contribution in [3.63, 3.8) is 0 Å². The number of carboxylic acids is 1. The molecule has 0 spiro atoms. The molecule has 0 bridgehead atoms. The van der Waals surface area contributed by atoms with E-state index in [-0.39, 0.29) is 17.9 Å². The van der Waals surface area contributed by atoms with Gasteiger partial charge in [-0.3, -0.25) is 4.79 Å². The maximum atomic E-state index is 12.6. The number of benzene rings is 2. The standard InChI is InChI=1S/C19H21NO4/c1-24-11-10-20(14-15-6-3-2-4-7-15)18(21)13-16-8-5-9-17(12-16)19(22)23/h2-9,12H,10-11,13-14H2,1H3,(H,22,23). The Balaban J connectivity index is 2.09.